The normalized spacial score (nSPS) is 18.0. The Bertz CT molecular complexity index is 160. The third kappa shape index (κ3) is 1.31. The van der Waals surface area contributed by atoms with E-state index >= 15 is 0 Å². The summed E-state index contributed by atoms with van der Waals surface area (Å²) in [7, 11) is 0. The van der Waals surface area contributed by atoms with E-state index in [1.165, 1.54) is 5.57 Å². The van der Waals surface area contributed by atoms with Gasteiger partial charge in [-0.3, -0.25) is 4.79 Å². The first-order valence-electron chi connectivity index (χ1n) is 3.14. The molecule has 1 aliphatic rings. The molecule has 0 saturated heterocycles. The number of nitrogens with zero attached hydrogens (tertiary/aromatic N) is 1. The molecule has 0 unspecified atom stereocenters. The molecule has 2 nitrogen and oxygen atoms in total. The predicted molar refractivity (Wildman–Crippen MR) is 35.8 cm³/mol. The highest BCUT2D eigenvalue weighted by Crippen LogP contribution is 2.12. The van der Waals surface area contributed by atoms with E-state index in [1.807, 2.05) is 13.1 Å². The third-order valence-electron chi connectivity index (χ3n) is 1.53. The quantitative estimate of drug-likeness (QED) is 0.475. The Morgan fingerprint density at radius 2 is 2.44 bits per heavy atom. The van der Waals surface area contributed by atoms with Crippen LogP contribution in [0.15, 0.2) is 11.8 Å². The van der Waals surface area contributed by atoms with E-state index < -0.39 is 0 Å². The first-order chi connectivity index (χ1) is 4.20. The van der Waals surface area contributed by atoms with Gasteiger partial charge >= 0.3 is 0 Å². The molecular formula is C7H11NO. The van der Waals surface area contributed by atoms with Gasteiger partial charge in [-0.25, -0.2) is 0 Å². The van der Waals surface area contributed by atoms with E-state index in [0.717, 1.165) is 13.0 Å². The SMILES string of the molecule is CC(=O)N1C=C(C)CC1. The molecule has 1 rings (SSSR count). The van der Waals surface area contributed by atoms with Gasteiger partial charge in [0, 0.05) is 19.7 Å². The number of rotatable bonds is 0. The maximum absolute atomic E-state index is 10.7. The Balaban J connectivity index is 2.57. The zero-order valence-electron chi connectivity index (χ0n) is 5.85. The van der Waals surface area contributed by atoms with Gasteiger partial charge in [-0.1, -0.05) is 5.57 Å². The fourth-order valence-corrected chi connectivity index (χ4v) is 0.940. The van der Waals surface area contributed by atoms with Gasteiger partial charge in [0.25, 0.3) is 0 Å². The lowest BCUT2D eigenvalue weighted by Gasteiger charge is -2.07. The summed E-state index contributed by atoms with van der Waals surface area (Å²) in [4.78, 5) is 12.4. The van der Waals surface area contributed by atoms with Crippen molar-refractivity contribution in [1.29, 1.82) is 0 Å². The zero-order valence-corrected chi connectivity index (χ0v) is 5.85. The topological polar surface area (TPSA) is 20.3 Å². The lowest BCUT2D eigenvalue weighted by atomic mass is 10.3. The molecule has 1 aliphatic heterocycles. The van der Waals surface area contributed by atoms with E-state index in [0.29, 0.717) is 0 Å². The summed E-state index contributed by atoms with van der Waals surface area (Å²) in [6, 6.07) is 0. The van der Waals surface area contributed by atoms with Crippen LogP contribution in [0.2, 0.25) is 0 Å². The van der Waals surface area contributed by atoms with Crippen molar-refractivity contribution in [2.24, 2.45) is 0 Å². The van der Waals surface area contributed by atoms with Crippen molar-refractivity contribution in [1.82, 2.24) is 4.90 Å². The largest absolute Gasteiger partial charge is 0.319 e. The lowest BCUT2D eigenvalue weighted by molar-refractivity contribution is -0.125. The summed E-state index contributed by atoms with van der Waals surface area (Å²) in [5.74, 6) is 0.145. The van der Waals surface area contributed by atoms with Crippen LogP contribution in [0.1, 0.15) is 20.3 Å². The van der Waals surface area contributed by atoms with Crippen molar-refractivity contribution in [3.05, 3.63) is 11.8 Å². The van der Waals surface area contributed by atoms with Crippen molar-refractivity contribution in [3.63, 3.8) is 0 Å². The predicted octanol–water partition coefficient (Wildman–Crippen LogP) is 1.14. The maximum Gasteiger partial charge on any atom is 0.223 e. The number of carbonyl (C=O) groups is 1. The van der Waals surface area contributed by atoms with Crippen molar-refractivity contribution in [3.8, 4) is 0 Å². The first-order valence-corrected chi connectivity index (χ1v) is 3.14. The minimum Gasteiger partial charge on any atom is -0.319 e. The van der Waals surface area contributed by atoms with E-state index in [-0.39, 0.29) is 5.91 Å². The summed E-state index contributed by atoms with van der Waals surface area (Å²) in [5.41, 5.74) is 1.30. The molecule has 0 fully saturated rings. The van der Waals surface area contributed by atoms with Crippen molar-refractivity contribution in [2.75, 3.05) is 6.54 Å². The van der Waals surface area contributed by atoms with Crippen LogP contribution < -0.4 is 0 Å². The van der Waals surface area contributed by atoms with Crippen LogP contribution >= 0.6 is 0 Å². The number of amides is 1. The van der Waals surface area contributed by atoms with Gasteiger partial charge in [0.15, 0.2) is 0 Å². The van der Waals surface area contributed by atoms with Gasteiger partial charge in [0.2, 0.25) is 5.91 Å². The van der Waals surface area contributed by atoms with Crippen LogP contribution in [0.25, 0.3) is 0 Å². The van der Waals surface area contributed by atoms with Gasteiger partial charge in [-0.15, -0.1) is 0 Å². The molecule has 0 radical (unpaired) electrons. The lowest BCUT2D eigenvalue weighted by Crippen LogP contribution is -2.19. The molecule has 0 N–H and O–H groups in total. The molecule has 0 aliphatic carbocycles. The first kappa shape index (κ1) is 6.33. The molecular weight excluding hydrogens is 114 g/mol. The Kier molecular flexibility index (Phi) is 1.56. The van der Waals surface area contributed by atoms with Gasteiger partial charge in [0.05, 0.1) is 0 Å². The van der Waals surface area contributed by atoms with Crippen molar-refractivity contribution in [2.45, 2.75) is 20.3 Å². The molecule has 0 spiro atoms. The second kappa shape index (κ2) is 2.21. The summed E-state index contributed by atoms with van der Waals surface area (Å²) >= 11 is 0. The van der Waals surface area contributed by atoms with E-state index in [1.54, 1.807) is 11.8 Å². The molecule has 50 valence electrons. The van der Waals surface area contributed by atoms with Gasteiger partial charge in [0.1, 0.15) is 0 Å². The molecule has 0 aromatic heterocycles. The maximum atomic E-state index is 10.7. The molecule has 0 atom stereocenters. The molecule has 0 aromatic carbocycles. The minimum atomic E-state index is 0.145. The Morgan fingerprint density at radius 1 is 1.78 bits per heavy atom. The summed E-state index contributed by atoms with van der Waals surface area (Å²) < 4.78 is 0. The van der Waals surface area contributed by atoms with Gasteiger partial charge < -0.3 is 4.90 Å². The van der Waals surface area contributed by atoms with E-state index in [4.69, 9.17) is 0 Å². The molecule has 1 amide bonds. The van der Waals surface area contributed by atoms with E-state index in [9.17, 15) is 4.79 Å². The fourth-order valence-electron chi connectivity index (χ4n) is 0.940. The zero-order chi connectivity index (χ0) is 6.85. The van der Waals surface area contributed by atoms with Crippen LogP contribution in [0, 0.1) is 0 Å². The summed E-state index contributed by atoms with van der Waals surface area (Å²) in [6.07, 6.45) is 2.96. The summed E-state index contributed by atoms with van der Waals surface area (Å²) in [6.45, 7) is 4.51. The molecule has 1 heterocycles. The van der Waals surface area contributed by atoms with Crippen LogP contribution in [-0.2, 0) is 4.79 Å². The monoisotopic (exact) mass is 125 g/mol. The molecule has 0 aromatic rings. The second-order valence-electron chi connectivity index (χ2n) is 2.44. The van der Waals surface area contributed by atoms with Crippen LogP contribution in [-0.4, -0.2) is 17.4 Å². The summed E-state index contributed by atoms with van der Waals surface area (Å²) in [5, 5.41) is 0. The Morgan fingerprint density at radius 3 is 2.67 bits per heavy atom. The van der Waals surface area contributed by atoms with E-state index in [2.05, 4.69) is 0 Å². The van der Waals surface area contributed by atoms with Gasteiger partial charge in [-0.05, 0) is 13.3 Å². The highest BCUT2D eigenvalue weighted by atomic mass is 16.2. The highest BCUT2D eigenvalue weighted by molar-refractivity contribution is 5.74. The smallest absolute Gasteiger partial charge is 0.223 e. The second-order valence-corrected chi connectivity index (χ2v) is 2.44. The average Bonchev–Trinajstić information content (AvgIpc) is 2.14. The number of hydrogen-bond donors (Lipinski definition) is 0. The third-order valence-corrected chi connectivity index (χ3v) is 1.53. The van der Waals surface area contributed by atoms with Gasteiger partial charge in [-0.2, -0.15) is 0 Å². The molecule has 2 heteroatoms. The van der Waals surface area contributed by atoms with Crippen LogP contribution in [0.3, 0.4) is 0 Å². The standard InChI is InChI=1S/C7H11NO/c1-6-3-4-8(5-6)7(2)9/h5H,3-4H2,1-2H3. The minimum absolute atomic E-state index is 0.145. The Labute approximate surface area is 55.2 Å². The molecule has 9 heavy (non-hydrogen) atoms. The van der Waals surface area contributed by atoms with Crippen LogP contribution in [0.4, 0.5) is 0 Å². The Hall–Kier alpha value is -0.790. The van der Waals surface area contributed by atoms with Crippen molar-refractivity contribution < 1.29 is 4.79 Å². The average molecular weight is 125 g/mol. The fraction of sp³-hybridized carbons (Fsp3) is 0.571. The van der Waals surface area contributed by atoms with Crippen LogP contribution in [0.5, 0.6) is 0 Å². The van der Waals surface area contributed by atoms with Crippen molar-refractivity contribution >= 4 is 5.91 Å². The highest BCUT2D eigenvalue weighted by Gasteiger charge is 2.11. The molecule has 0 bridgehead atoms. The number of hydrogen-bond acceptors (Lipinski definition) is 1. The number of carbonyl (C=O) groups excluding carboxylic acids is 1. The molecule has 0 saturated carbocycles.